The Morgan fingerprint density at radius 3 is 2.17 bits per heavy atom. The minimum Gasteiger partial charge on any atom is -0.322 e. The first-order valence-electron chi connectivity index (χ1n) is 5.62. The van der Waals surface area contributed by atoms with Gasteiger partial charge in [-0.2, -0.15) is 0 Å². The number of nitrogens with one attached hydrogen (secondary N) is 1. The number of anilines is 1. The van der Waals surface area contributed by atoms with Crippen LogP contribution in [0.2, 0.25) is 0 Å². The number of amides is 1. The van der Waals surface area contributed by atoms with Gasteiger partial charge in [-0.3, -0.25) is 9.59 Å². The number of benzene rings is 2. The van der Waals surface area contributed by atoms with E-state index in [-0.39, 0.29) is 5.91 Å². The van der Waals surface area contributed by atoms with Gasteiger partial charge in [-0.15, -0.1) is 0 Å². The minimum atomic E-state index is -0.184. The summed E-state index contributed by atoms with van der Waals surface area (Å²) >= 11 is 0. The molecule has 3 nitrogen and oxygen atoms in total. The van der Waals surface area contributed by atoms with E-state index in [1.165, 1.54) is 0 Å². The topological polar surface area (TPSA) is 46.2 Å². The van der Waals surface area contributed by atoms with Crippen molar-refractivity contribution in [1.82, 2.24) is 0 Å². The first kappa shape index (κ1) is 12.0. The van der Waals surface area contributed by atoms with Crippen LogP contribution in [0.1, 0.15) is 26.3 Å². The average Bonchev–Trinajstić information content (AvgIpc) is 2.41. The molecule has 2 rings (SSSR count). The summed E-state index contributed by atoms with van der Waals surface area (Å²) in [6.45, 7) is 1.99. The van der Waals surface area contributed by atoms with Gasteiger partial charge in [0.15, 0.2) is 0 Å². The maximum atomic E-state index is 11.9. The molecule has 0 bridgehead atoms. The van der Waals surface area contributed by atoms with Crippen molar-refractivity contribution >= 4 is 17.9 Å². The van der Waals surface area contributed by atoms with Gasteiger partial charge < -0.3 is 5.32 Å². The molecule has 0 radical (unpaired) electrons. The van der Waals surface area contributed by atoms with Crippen molar-refractivity contribution in [3.63, 3.8) is 0 Å². The third-order valence-corrected chi connectivity index (χ3v) is 2.62. The molecule has 0 aliphatic rings. The molecule has 0 saturated heterocycles. The van der Waals surface area contributed by atoms with Gasteiger partial charge in [-0.25, -0.2) is 0 Å². The van der Waals surface area contributed by atoms with E-state index in [1.54, 1.807) is 24.3 Å². The van der Waals surface area contributed by atoms with Crippen LogP contribution in [0, 0.1) is 6.92 Å². The molecule has 90 valence electrons. The first-order valence-corrected chi connectivity index (χ1v) is 5.62. The van der Waals surface area contributed by atoms with E-state index in [0.717, 1.165) is 17.5 Å². The molecule has 2 aromatic carbocycles. The monoisotopic (exact) mass is 239 g/mol. The predicted molar refractivity (Wildman–Crippen MR) is 71.0 cm³/mol. The van der Waals surface area contributed by atoms with Crippen LogP contribution >= 0.6 is 0 Å². The summed E-state index contributed by atoms with van der Waals surface area (Å²) in [6.07, 6.45) is 0.752. The van der Waals surface area contributed by atoms with Gasteiger partial charge in [0.1, 0.15) is 6.29 Å². The van der Waals surface area contributed by atoms with E-state index in [9.17, 15) is 9.59 Å². The third kappa shape index (κ3) is 2.83. The normalized spacial score (nSPS) is 9.83. The average molecular weight is 239 g/mol. The molecule has 0 heterocycles. The molecule has 2 aromatic rings. The highest BCUT2D eigenvalue weighted by Crippen LogP contribution is 2.11. The zero-order chi connectivity index (χ0) is 13.0. The van der Waals surface area contributed by atoms with Crippen LogP contribution in [0.25, 0.3) is 0 Å². The Morgan fingerprint density at radius 1 is 1.00 bits per heavy atom. The van der Waals surface area contributed by atoms with Gasteiger partial charge in [-0.05, 0) is 31.2 Å². The van der Waals surface area contributed by atoms with Crippen molar-refractivity contribution < 1.29 is 9.59 Å². The summed E-state index contributed by atoms with van der Waals surface area (Å²) in [4.78, 5) is 22.4. The Labute approximate surface area is 105 Å². The summed E-state index contributed by atoms with van der Waals surface area (Å²) in [5, 5.41) is 2.80. The highest BCUT2D eigenvalue weighted by Gasteiger charge is 2.05. The summed E-state index contributed by atoms with van der Waals surface area (Å²) < 4.78 is 0. The molecule has 0 fully saturated rings. The summed E-state index contributed by atoms with van der Waals surface area (Å²) in [5.74, 6) is -0.184. The lowest BCUT2D eigenvalue weighted by molar-refractivity contribution is 0.102. The molecule has 1 amide bonds. The van der Waals surface area contributed by atoms with Crippen molar-refractivity contribution in [2.24, 2.45) is 0 Å². The number of carbonyl (C=O) groups excluding carboxylic acids is 2. The van der Waals surface area contributed by atoms with Crippen LogP contribution in [-0.4, -0.2) is 12.2 Å². The molecule has 0 aliphatic heterocycles. The zero-order valence-corrected chi connectivity index (χ0v) is 10.0. The molecule has 0 spiro atoms. The van der Waals surface area contributed by atoms with E-state index in [0.29, 0.717) is 11.1 Å². The predicted octanol–water partition coefficient (Wildman–Crippen LogP) is 3.06. The van der Waals surface area contributed by atoms with Gasteiger partial charge in [0, 0.05) is 16.8 Å². The Morgan fingerprint density at radius 2 is 1.61 bits per heavy atom. The molecule has 0 aromatic heterocycles. The number of hydrogen-bond acceptors (Lipinski definition) is 2. The SMILES string of the molecule is Cc1ccc(NC(=O)c2ccc(C=O)cc2)cc1. The summed E-state index contributed by atoms with van der Waals surface area (Å²) in [6, 6.07) is 14.1. The van der Waals surface area contributed by atoms with E-state index in [2.05, 4.69) is 5.32 Å². The smallest absolute Gasteiger partial charge is 0.255 e. The van der Waals surface area contributed by atoms with Gasteiger partial charge in [-0.1, -0.05) is 29.8 Å². The number of hydrogen-bond donors (Lipinski definition) is 1. The lowest BCUT2D eigenvalue weighted by Crippen LogP contribution is -2.11. The second-order valence-electron chi connectivity index (χ2n) is 4.06. The summed E-state index contributed by atoms with van der Waals surface area (Å²) in [5.41, 5.74) is 2.98. The molecule has 0 atom stereocenters. The Bertz CT molecular complexity index is 556. The zero-order valence-electron chi connectivity index (χ0n) is 10.0. The Balaban J connectivity index is 2.11. The highest BCUT2D eigenvalue weighted by molar-refractivity contribution is 6.04. The van der Waals surface area contributed by atoms with E-state index < -0.39 is 0 Å². The molecule has 0 aliphatic carbocycles. The van der Waals surface area contributed by atoms with Gasteiger partial charge >= 0.3 is 0 Å². The molecular weight excluding hydrogens is 226 g/mol. The number of rotatable bonds is 3. The van der Waals surface area contributed by atoms with Crippen LogP contribution in [0.3, 0.4) is 0 Å². The number of aldehydes is 1. The standard InChI is InChI=1S/C15H13NO2/c1-11-2-8-14(9-3-11)16-15(18)13-6-4-12(10-17)5-7-13/h2-10H,1H3,(H,16,18). The summed E-state index contributed by atoms with van der Waals surface area (Å²) in [7, 11) is 0. The maximum absolute atomic E-state index is 11.9. The molecule has 0 unspecified atom stereocenters. The highest BCUT2D eigenvalue weighted by atomic mass is 16.1. The fourth-order valence-corrected chi connectivity index (χ4v) is 1.55. The van der Waals surface area contributed by atoms with Gasteiger partial charge in [0.2, 0.25) is 0 Å². The van der Waals surface area contributed by atoms with Crippen LogP contribution in [0.15, 0.2) is 48.5 Å². The van der Waals surface area contributed by atoms with Gasteiger partial charge in [0.25, 0.3) is 5.91 Å². The van der Waals surface area contributed by atoms with Crippen LogP contribution in [0.5, 0.6) is 0 Å². The van der Waals surface area contributed by atoms with E-state index in [1.807, 2.05) is 31.2 Å². The minimum absolute atomic E-state index is 0.184. The maximum Gasteiger partial charge on any atom is 0.255 e. The third-order valence-electron chi connectivity index (χ3n) is 2.62. The number of carbonyl (C=O) groups is 2. The first-order chi connectivity index (χ1) is 8.69. The molecular formula is C15H13NO2. The van der Waals surface area contributed by atoms with E-state index in [4.69, 9.17) is 0 Å². The molecule has 18 heavy (non-hydrogen) atoms. The van der Waals surface area contributed by atoms with Crippen molar-refractivity contribution in [2.45, 2.75) is 6.92 Å². The van der Waals surface area contributed by atoms with Crippen LogP contribution < -0.4 is 5.32 Å². The van der Waals surface area contributed by atoms with Crippen LogP contribution in [-0.2, 0) is 0 Å². The van der Waals surface area contributed by atoms with Crippen molar-refractivity contribution in [3.8, 4) is 0 Å². The molecule has 1 N–H and O–H groups in total. The molecule has 0 saturated carbocycles. The molecule has 3 heteroatoms. The lowest BCUT2D eigenvalue weighted by Gasteiger charge is -2.05. The van der Waals surface area contributed by atoms with Crippen LogP contribution in [0.4, 0.5) is 5.69 Å². The van der Waals surface area contributed by atoms with E-state index >= 15 is 0 Å². The van der Waals surface area contributed by atoms with Gasteiger partial charge in [0.05, 0.1) is 0 Å². The largest absolute Gasteiger partial charge is 0.322 e. The van der Waals surface area contributed by atoms with Crippen molar-refractivity contribution in [1.29, 1.82) is 0 Å². The fraction of sp³-hybridized carbons (Fsp3) is 0.0667. The fourth-order valence-electron chi connectivity index (χ4n) is 1.55. The second-order valence-corrected chi connectivity index (χ2v) is 4.06. The lowest BCUT2D eigenvalue weighted by atomic mass is 10.1. The van der Waals surface area contributed by atoms with Crippen molar-refractivity contribution in [2.75, 3.05) is 5.32 Å². The number of aryl methyl sites for hydroxylation is 1. The Kier molecular flexibility index (Phi) is 3.53. The quantitative estimate of drug-likeness (QED) is 0.837. The Hall–Kier alpha value is -2.42. The second kappa shape index (κ2) is 5.27. The van der Waals surface area contributed by atoms with Crippen molar-refractivity contribution in [3.05, 3.63) is 65.2 Å².